The Morgan fingerprint density at radius 2 is 2.11 bits per heavy atom. The molecule has 0 amide bonds. The molecule has 0 bridgehead atoms. The van der Waals surface area contributed by atoms with Crippen LogP contribution in [0.25, 0.3) is 0 Å². The van der Waals surface area contributed by atoms with Crippen LogP contribution < -0.4 is 11.2 Å². The van der Waals surface area contributed by atoms with E-state index in [2.05, 4.69) is 26.5 Å². The number of nitriles is 1. The van der Waals surface area contributed by atoms with Gasteiger partial charge in [-0.2, -0.15) is 23.5 Å². The Hall–Kier alpha value is -2.08. The molecule has 0 aliphatic rings. The molecule has 0 aliphatic heterocycles. The zero-order chi connectivity index (χ0) is 14.6. The second kappa shape index (κ2) is 5.71. The summed E-state index contributed by atoms with van der Waals surface area (Å²) in [6.45, 7) is 0. The van der Waals surface area contributed by atoms with Crippen molar-refractivity contribution in [3.8, 4) is 6.07 Å². The number of nitrogens with one attached hydrogen (secondary N) is 2. The molecule has 100 valence electrons. The molecule has 0 saturated heterocycles. The fraction of sp³-hybridized carbons (Fsp3) is 0.100. The van der Waals surface area contributed by atoms with Crippen LogP contribution in [0.15, 0.2) is 27.8 Å². The third-order valence-electron chi connectivity index (χ3n) is 1.94. The number of alkyl halides is 3. The van der Waals surface area contributed by atoms with Gasteiger partial charge >= 0.3 is 6.18 Å². The minimum atomic E-state index is -4.57. The number of nitrogens with zero attached hydrogens (tertiary/aromatic N) is 2. The molecule has 1 aromatic carbocycles. The van der Waals surface area contributed by atoms with Gasteiger partial charge < -0.3 is 5.73 Å². The number of benzene rings is 1. The first-order valence-electron chi connectivity index (χ1n) is 4.70. The molecule has 19 heavy (non-hydrogen) atoms. The molecule has 9 heteroatoms. The second-order valence-electron chi connectivity index (χ2n) is 3.29. The van der Waals surface area contributed by atoms with Gasteiger partial charge in [0.2, 0.25) is 5.71 Å². The number of halogens is 4. The quantitative estimate of drug-likeness (QED) is 0.450. The van der Waals surface area contributed by atoms with Crippen LogP contribution in [0.3, 0.4) is 0 Å². The molecule has 0 aromatic heterocycles. The van der Waals surface area contributed by atoms with E-state index in [0.717, 1.165) is 12.1 Å². The molecule has 0 radical (unpaired) electrons. The highest BCUT2D eigenvalue weighted by molar-refractivity contribution is 9.10. The fourth-order valence-electron chi connectivity index (χ4n) is 1.12. The fourth-order valence-corrected chi connectivity index (χ4v) is 1.48. The molecule has 1 rings (SSSR count). The van der Waals surface area contributed by atoms with Crippen molar-refractivity contribution >= 4 is 33.2 Å². The van der Waals surface area contributed by atoms with Gasteiger partial charge in [0.1, 0.15) is 6.07 Å². The van der Waals surface area contributed by atoms with E-state index in [4.69, 9.17) is 16.4 Å². The first-order chi connectivity index (χ1) is 8.75. The summed E-state index contributed by atoms with van der Waals surface area (Å²) < 4.78 is 38.5. The van der Waals surface area contributed by atoms with Crippen LogP contribution in [0.2, 0.25) is 0 Å². The summed E-state index contributed by atoms with van der Waals surface area (Å²) in [5.41, 5.74) is 5.31. The van der Waals surface area contributed by atoms with Gasteiger partial charge in [0.25, 0.3) is 0 Å². The molecule has 0 heterocycles. The minimum Gasteiger partial charge on any atom is -0.382 e. The zero-order valence-electron chi connectivity index (χ0n) is 9.22. The molecule has 0 spiro atoms. The highest BCUT2D eigenvalue weighted by Gasteiger charge is 2.33. The van der Waals surface area contributed by atoms with Crippen molar-refractivity contribution < 1.29 is 13.2 Å². The van der Waals surface area contributed by atoms with E-state index in [1.807, 2.05) is 0 Å². The average Bonchev–Trinajstić information content (AvgIpc) is 2.27. The van der Waals surface area contributed by atoms with Gasteiger partial charge in [-0.3, -0.25) is 10.8 Å². The highest BCUT2D eigenvalue weighted by atomic mass is 79.9. The Morgan fingerprint density at radius 3 is 2.58 bits per heavy atom. The third kappa shape index (κ3) is 3.96. The van der Waals surface area contributed by atoms with Crippen LogP contribution in [0.1, 0.15) is 5.56 Å². The van der Waals surface area contributed by atoms with Crippen molar-refractivity contribution in [3.05, 3.63) is 28.2 Å². The molecular formula is C10H7BrF3N5. The molecule has 1 aromatic rings. The Morgan fingerprint density at radius 1 is 1.47 bits per heavy atom. The minimum absolute atomic E-state index is 0.351. The molecule has 0 unspecified atom stereocenters. The highest BCUT2D eigenvalue weighted by Crippen LogP contribution is 2.36. The second-order valence-corrected chi connectivity index (χ2v) is 4.20. The van der Waals surface area contributed by atoms with Crippen molar-refractivity contribution in [3.63, 3.8) is 0 Å². The number of hydrogen-bond acceptors (Lipinski definition) is 4. The predicted molar refractivity (Wildman–Crippen MR) is 67.7 cm³/mol. The molecule has 0 saturated carbocycles. The average molecular weight is 334 g/mol. The molecule has 0 fully saturated rings. The van der Waals surface area contributed by atoms with Crippen molar-refractivity contribution in [2.24, 2.45) is 10.8 Å². The van der Waals surface area contributed by atoms with E-state index in [0.29, 0.717) is 4.47 Å². The SMILES string of the molecule is N#C/C(=N\Nc1cc(Br)ccc1C(F)(F)F)C(=N)N. The molecular weight excluding hydrogens is 327 g/mol. The Kier molecular flexibility index (Phi) is 4.50. The number of hydrazone groups is 1. The van der Waals surface area contributed by atoms with Gasteiger partial charge in [0.15, 0.2) is 5.84 Å². The van der Waals surface area contributed by atoms with Crippen LogP contribution in [-0.4, -0.2) is 11.5 Å². The van der Waals surface area contributed by atoms with Crippen molar-refractivity contribution in [1.82, 2.24) is 0 Å². The topological polar surface area (TPSA) is 98.0 Å². The number of nitrogens with two attached hydrogens (primary N) is 1. The van der Waals surface area contributed by atoms with Crippen LogP contribution in [-0.2, 0) is 6.18 Å². The predicted octanol–water partition coefficient (Wildman–Crippen LogP) is 2.70. The first kappa shape index (κ1) is 15.0. The molecule has 5 nitrogen and oxygen atoms in total. The maximum atomic E-state index is 12.7. The van der Waals surface area contributed by atoms with Gasteiger partial charge in [-0.25, -0.2) is 0 Å². The van der Waals surface area contributed by atoms with Crippen molar-refractivity contribution in [1.29, 1.82) is 10.7 Å². The lowest BCUT2D eigenvalue weighted by Crippen LogP contribution is -2.22. The Labute approximate surface area is 114 Å². The van der Waals surface area contributed by atoms with E-state index < -0.39 is 23.3 Å². The third-order valence-corrected chi connectivity index (χ3v) is 2.43. The van der Waals surface area contributed by atoms with Gasteiger partial charge in [-0.1, -0.05) is 15.9 Å². The maximum absolute atomic E-state index is 12.7. The monoisotopic (exact) mass is 333 g/mol. The Balaban J connectivity index is 3.18. The van der Waals surface area contributed by atoms with Crippen LogP contribution in [0, 0.1) is 16.7 Å². The summed E-state index contributed by atoms with van der Waals surface area (Å²) in [7, 11) is 0. The molecule has 4 N–H and O–H groups in total. The summed E-state index contributed by atoms with van der Waals surface area (Å²) in [5.74, 6) is -0.640. The zero-order valence-corrected chi connectivity index (χ0v) is 10.8. The lowest BCUT2D eigenvalue weighted by molar-refractivity contribution is -0.137. The van der Waals surface area contributed by atoms with Gasteiger partial charge in [-0.05, 0) is 18.2 Å². The largest absolute Gasteiger partial charge is 0.418 e. The molecule has 0 aliphatic carbocycles. The van der Waals surface area contributed by atoms with E-state index in [-0.39, 0.29) is 5.69 Å². The van der Waals surface area contributed by atoms with Crippen LogP contribution in [0.4, 0.5) is 18.9 Å². The van der Waals surface area contributed by atoms with Crippen molar-refractivity contribution in [2.45, 2.75) is 6.18 Å². The lowest BCUT2D eigenvalue weighted by atomic mass is 10.2. The van der Waals surface area contributed by atoms with Gasteiger partial charge in [-0.15, -0.1) is 0 Å². The van der Waals surface area contributed by atoms with E-state index in [9.17, 15) is 13.2 Å². The summed E-state index contributed by atoms with van der Waals surface area (Å²) in [4.78, 5) is 0. The van der Waals surface area contributed by atoms with E-state index in [1.54, 1.807) is 0 Å². The number of rotatable bonds is 3. The standard InChI is InChI=1S/C10H7BrF3N5/c11-5-1-2-6(10(12,13)14)7(3-5)18-19-8(4-15)9(16)17/h1-3,18H,(H3,16,17)/b19-8+. The van der Waals surface area contributed by atoms with Crippen LogP contribution >= 0.6 is 15.9 Å². The smallest absolute Gasteiger partial charge is 0.382 e. The van der Waals surface area contributed by atoms with Gasteiger partial charge in [0.05, 0.1) is 11.3 Å². The summed E-state index contributed by atoms with van der Waals surface area (Å²) in [6, 6.07) is 4.74. The first-order valence-corrected chi connectivity index (χ1v) is 5.50. The summed E-state index contributed by atoms with van der Waals surface area (Å²) >= 11 is 3.03. The number of amidine groups is 1. The molecule has 0 atom stereocenters. The number of hydrogen-bond donors (Lipinski definition) is 3. The summed E-state index contributed by atoms with van der Waals surface area (Å²) in [5, 5.41) is 18.9. The lowest BCUT2D eigenvalue weighted by Gasteiger charge is -2.12. The normalized spacial score (nSPS) is 11.8. The maximum Gasteiger partial charge on any atom is 0.418 e. The van der Waals surface area contributed by atoms with Crippen LogP contribution in [0.5, 0.6) is 0 Å². The van der Waals surface area contributed by atoms with Crippen molar-refractivity contribution in [2.75, 3.05) is 5.43 Å². The van der Waals surface area contributed by atoms with E-state index in [1.165, 1.54) is 12.1 Å². The number of anilines is 1. The van der Waals surface area contributed by atoms with Gasteiger partial charge in [0, 0.05) is 4.47 Å². The Bertz CT molecular complexity index is 574. The van der Waals surface area contributed by atoms with E-state index >= 15 is 0 Å². The summed E-state index contributed by atoms with van der Waals surface area (Å²) in [6.07, 6.45) is -4.57.